The SMILES string of the molecule is CN(Cc1cc2cccc3c2n(c1=O)CCC3)C(=O)Nc1cccc(Cl)c1. The Bertz CT molecular complexity index is 1090. The number of benzene rings is 2. The van der Waals surface area contributed by atoms with Gasteiger partial charge in [0.25, 0.3) is 5.56 Å². The molecule has 6 heteroatoms. The van der Waals surface area contributed by atoms with Gasteiger partial charge in [-0.15, -0.1) is 0 Å². The molecule has 3 aromatic rings. The van der Waals surface area contributed by atoms with Gasteiger partial charge in [-0.25, -0.2) is 4.79 Å². The molecule has 4 rings (SSSR count). The zero-order valence-electron chi connectivity index (χ0n) is 15.0. The number of nitrogens with one attached hydrogen (secondary N) is 1. The van der Waals surface area contributed by atoms with Crippen molar-refractivity contribution >= 4 is 34.2 Å². The third kappa shape index (κ3) is 3.43. The van der Waals surface area contributed by atoms with E-state index in [-0.39, 0.29) is 18.1 Å². The third-order valence-corrected chi connectivity index (χ3v) is 5.16. The number of aryl methyl sites for hydroxylation is 2. The summed E-state index contributed by atoms with van der Waals surface area (Å²) in [5, 5.41) is 4.40. The summed E-state index contributed by atoms with van der Waals surface area (Å²) < 4.78 is 1.85. The first kappa shape index (κ1) is 17.6. The van der Waals surface area contributed by atoms with Crippen LogP contribution in [0, 0.1) is 0 Å². The van der Waals surface area contributed by atoms with Crippen molar-refractivity contribution in [3.05, 3.63) is 75.0 Å². The molecular weight excluding hydrogens is 362 g/mol. The van der Waals surface area contributed by atoms with Crippen molar-refractivity contribution in [2.45, 2.75) is 25.9 Å². The highest BCUT2D eigenvalue weighted by atomic mass is 35.5. The first-order valence-corrected chi connectivity index (χ1v) is 9.33. The van der Waals surface area contributed by atoms with Crippen molar-refractivity contribution in [2.24, 2.45) is 0 Å². The van der Waals surface area contributed by atoms with E-state index in [1.807, 2.05) is 22.8 Å². The lowest BCUT2D eigenvalue weighted by atomic mass is 10.00. The normalized spacial score (nSPS) is 12.8. The van der Waals surface area contributed by atoms with Crippen LogP contribution in [0.4, 0.5) is 10.5 Å². The Labute approximate surface area is 162 Å². The number of carbonyl (C=O) groups excluding carboxylic acids is 1. The minimum atomic E-state index is -0.288. The number of carbonyl (C=O) groups is 1. The third-order valence-electron chi connectivity index (χ3n) is 4.93. The van der Waals surface area contributed by atoms with Crippen LogP contribution in [0.3, 0.4) is 0 Å². The van der Waals surface area contributed by atoms with Gasteiger partial charge in [-0.3, -0.25) is 4.79 Å². The number of hydrogen-bond donors (Lipinski definition) is 1. The van der Waals surface area contributed by atoms with Crippen molar-refractivity contribution in [1.82, 2.24) is 9.47 Å². The van der Waals surface area contributed by atoms with Crippen LogP contribution >= 0.6 is 11.6 Å². The lowest BCUT2D eigenvalue weighted by molar-refractivity contribution is 0.220. The lowest BCUT2D eigenvalue weighted by Gasteiger charge is -2.22. The van der Waals surface area contributed by atoms with Crippen LogP contribution in [0.5, 0.6) is 0 Å². The Morgan fingerprint density at radius 3 is 2.85 bits per heavy atom. The summed E-state index contributed by atoms with van der Waals surface area (Å²) in [7, 11) is 1.68. The summed E-state index contributed by atoms with van der Waals surface area (Å²) in [4.78, 5) is 26.9. The van der Waals surface area contributed by atoms with Gasteiger partial charge in [0.05, 0.1) is 12.1 Å². The number of aromatic nitrogens is 1. The number of halogens is 1. The molecule has 2 aromatic carbocycles. The zero-order chi connectivity index (χ0) is 19.0. The summed E-state index contributed by atoms with van der Waals surface area (Å²) in [5.74, 6) is 0. The molecule has 0 radical (unpaired) electrons. The Hall–Kier alpha value is -2.79. The molecule has 1 aliphatic rings. The second kappa shape index (κ2) is 7.08. The first-order chi connectivity index (χ1) is 13.0. The van der Waals surface area contributed by atoms with Gasteiger partial charge in [0.15, 0.2) is 0 Å². The highest BCUT2D eigenvalue weighted by Gasteiger charge is 2.18. The van der Waals surface area contributed by atoms with E-state index in [4.69, 9.17) is 11.6 Å². The summed E-state index contributed by atoms with van der Waals surface area (Å²) in [5.41, 5.74) is 3.47. The van der Waals surface area contributed by atoms with E-state index in [9.17, 15) is 9.59 Å². The van der Waals surface area contributed by atoms with Crippen LogP contribution in [-0.2, 0) is 19.5 Å². The molecule has 2 amide bonds. The molecule has 1 aromatic heterocycles. The molecule has 1 N–H and O–H groups in total. The maximum atomic E-state index is 12.9. The first-order valence-electron chi connectivity index (χ1n) is 8.95. The highest BCUT2D eigenvalue weighted by molar-refractivity contribution is 6.30. The molecule has 138 valence electrons. The van der Waals surface area contributed by atoms with Gasteiger partial charge in [-0.2, -0.15) is 0 Å². The Kier molecular flexibility index (Phi) is 4.62. The number of rotatable bonds is 3. The van der Waals surface area contributed by atoms with Gasteiger partial charge in [0.1, 0.15) is 0 Å². The van der Waals surface area contributed by atoms with Crippen LogP contribution in [0.25, 0.3) is 10.9 Å². The lowest BCUT2D eigenvalue weighted by Crippen LogP contribution is -2.35. The van der Waals surface area contributed by atoms with Gasteiger partial charge in [0, 0.05) is 29.9 Å². The summed E-state index contributed by atoms with van der Waals surface area (Å²) >= 11 is 5.96. The molecule has 0 saturated heterocycles. The van der Waals surface area contributed by atoms with Gasteiger partial charge in [0.2, 0.25) is 0 Å². The van der Waals surface area contributed by atoms with E-state index >= 15 is 0 Å². The molecule has 0 atom stereocenters. The van der Waals surface area contributed by atoms with Gasteiger partial charge < -0.3 is 14.8 Å². The average molecular weight is 382 g/mol. The maximum Gasteiger partial charge on any atom is 0.321 e. The molecule has 27 heavy (non-hydrogen) atoms. The van der Waals surface area contributed by atoms with E-state index in [0.29, 0.717) is 16.3 Å². The number of urea groups is 1. The second-order valence-corrected chi connectivity index (χ2v) is 7.32. The number of hydrogen-bond acceptors (Lipinski definition) is 2. The second-order valence-electron chi connectivity index (χ2n) is 6.88. The smallest absolute Gasteiger partial charge is 0.321 e. The highest BCUT2D eigenvalue weighted by Crippen LogP contribution is 2.24. The van der Waals surface area contributed by atoms with Crippen molar-refractivity contribution in [3.63, 3.8) is 0 Å². The van der Waals surface area contributed by atoms with Crippen LogP contribution in [-0.4, -0.2) is 22.5 Å². The van der Waals surface area contributed by atoms with Crippen molar-refractivity contribution in [2.75, 3.05) is 12.4 Å². The predicted octanol–water partition coefficient (Wildman–Crippen LogP) is 4.27. The molecule has 0 unspecified atom stereocenters. The van der Waals surface area contributed by atoms with E-state index < -0.39 is 0 Å². The fourth-order valence-corrected chi connectivity index (χ4v) is 3.84. The molecule has 1 aliphatic heterocycles. The number of nitrogens with zero attached hydrogens (tertiary/aromatic N) is 2. The Morgan fingerprint density at radius 1 is 1.22 bits per heavy atom. The van der Waals surface area contributed by atoms with Gasteiger partial charge in [-0.05, 0) is 48.1 Å². The fraction of sp³-hybridized carbons (Fsp3) is 0.238. The van der Waals surface area contributed by atoms with Gasteiger partial charge >= 0.3 is 6.03 Å². The molecular formula is C21H20ClN3O2. The average Bonchev–Trinajstić information content (AvgIpc) is 2.65. The summed E-state index contributed by atoms with van der Waals surface area (Å²) in [6.07, 6.45) is 1.96. The quantitative estimate of drug-likeness (QED) is 0.736. The molecule has 0 bridgehead atoms. The zero-order valence-corrected chi connectivity index (χ0v) is 15.8. The van der Waals surface area contributed by atoms with Crippen molar-refractivity contribution in [3.8, 4) is 0 Å². The van der Waals surface area contributed by atoms with Gasteiger partial charge in [-0.1, -0.05) is 35.9 Å². The van der Waals surface area contributed by atoms with Crippen LogP contribution < -0.4 is 10.9 Å². The van der Waals surface area contributed by atoms with Crippen molar-refractivity contribution in [1.29, 1.82) is 0 Å². The molecule has 0 fully saturated rings. The van der Waals surface area contributed by atoms with Crippen LogP contribution in [0.15, 0.2) is 53.3 Å². The van der Waals surface area contributed by atoms with E-state index in [2.05, 4.69) is 11.4 Å². The molecule has 2 heterocycles. The Balaban J connectivity index is 1.61. The van der Waals surface area contributed by atoms with E-state index in [0.717, 1.165) is 30.3 Å². The fourth-order valence-electron chi connectivity index (χ4n) is 3.65. The van der Waals surface area contributed by atoms with Crippen LogP contribution in [0.2, 0.25) is 5.02 Å². The predicted molar refractivity (Wildman–Crippen MR) is 108 cm³/mol. The number of amides is 2. The number of anilines is 1. The molecule has 0 saturated carbocycles. The van der Waals surface area contributed by atoms with Crippen molar-refractivity contribution < 1.29 is 4.79 Å². The van der Waals surface area contributed by atoms with E-state index in [1.54, 1.807) is 31.3 Å². The summed E-state index contributed by atoms with van der Waals surface area (Å²) in [6.45, 7) is 0.962. The number of pyridine rings is 1. The molecule has 5 nitrogen and oxygen atoms in total. The molecule has 0 aliphatic carbocycles. The number of para-hydroxylation sites is 1. The minimum absolute atomic E-state index is 0.0166. The minimum Gasteiger partial charge on any atom is -0.323 e. The molecule has 0 spiro atoms. The standard InChI is InChI=1S/C21H20ClN3O2/c1-24(21(27)23-18-9-3-8-17(22)12-18)13-16-11-15-6-2-5-14-7-4-10-25(19(14)15)20(16)26/h2-3,5-6,8-9,11-12H,4,7,10,13H2,1H3,(H,23,27). The summed E-state index contributed by atoms with van der Waals surface area (Å²) in [6, 6.07) is 14.7. The van der Waals surface area contributed by atoms with Crippen LogP contribution in [0.1, 0.15) is 17.5 Å². The maximum absolute atomic E-state index is 12.9. The van der Waals surface area contributed by atoms with E-state index in [1.165, 1.54) is 10.5 Å². The topological polar surface area (TPSA) is 54.3 Å². The Morgan fingerprint density at radius 2 is 2.04 bits per heavy atom. The largest absolute Gasteiger partial charge is 0.323 e. The monoisotopic (exact) mass is 381 g/mol.